The van der Waals surface area contributed by atoms with E-state index in [4.69, 9.17) is 5.11 Å². The van der Waals surface area contributed by atoms with Crippen LogP contribution in [0.3, 0.4) is 0 Å². The van der Waals surface area contributed by atoms with Crippen molar-refractivity contribution in [2.24, 2.45) is 0 Å². The van der Waals surface area contributed by atoms with Gasteiger partial charge in [0.15, 0.2) is 0 Å². The average Bonchev–Trinajstić information content (AvgIpc) is 2.92. The van der Waals surface area contributed by atoms with Crippen LogP contribution in [0.5, 0.6) is 0 Å². The van der Waals surface area contributed by atoms with E-state index < -0.39 is 0 Å². The van der Waals surface area contributed by atoms with Gasteiger partial charge in [-0.05, 0) is 12.5 Å². The van der Waals surface area contributed by atoms with Crippen molar-refractivity contribution in [2.75, 3.05) is 20.2 Å². The Morgan fingerprint density at radius 1 is 1.62 bits per heavy atom. The molecule has 1 saturated heterocycles. The largest absolute Gasteiger partial charge is 0.395 e. The maximum atomic E-state index is 12.1. The van der Waals surface area contributed by atoms with Gasteiger partial charge < -0.3 is 15.3 Å². The van der Waals surface area contributed by atoms with Gasteiger partial charge in [-0.15, -0.1) is 11.3 Å². The molecule has 0 radical (unpaired) electrons. The van der Waals surface area contributed by atoms with Gasteiger partial charge in [0.05, 0.1) is 17.0 Å². The molecule has 2 amide bonds. The summed E-state index contributed by atoms with van der Waals surface area (Å²) in [5.74, 6) is 5.74. The summed E-state index contributed by atoms with van der Waals surface area (Å²) in [4.78, 5) is 26.0. The summed E-state index contributed by atoms with van der Waals surface area (Å²) < 4.78 is 0. The molecule has 1 aromatic heterocycles. The lowest BCUT2D eigenvalue weighted by Crippen LogP contribution is -2.48. The van der Waals surface area contributed by atoms with Crippen molar-refractivity contribution in [3.05, 3.63) is 21.9 Å². The zero-order valence-corrected chi connectivity index (χ0v) is 12.7. The summed E-state index contributed by atoms with van der Waals surface area (Å²) >= 11 is 1.41. The maximum Gasteiger partial charge on any atom is 0.252 e. The molecule has 2 heterocycles. The predicted molar refractivity (Wildman–Crippen MR) is 81.0 cm³/mol. The Balaban J connectivity index is 1.92. The zero-order chi connectivity index (χ0) is 15.2. The molecule has 5 nitrogen and oxygen atoms in total. The van der Waals surface area contributed by atoms with Crippen molar-refractivity contribution >= 4 is 23.2 Å². The summed E-state index contributed by atoms with van der Waals surface area (Å²) in [6, 6.07) is 1.76. The summed E-state index contributed by atoms with van der Waals surface area (Å²) in [5.41, 5.74) is 0.591. The summed E-state index contributed by atoms with van der Waals surface area (Å²) in [7, 11) is 1.75. The highest BCUT2D eigenvalue weighted by molar-refractivity contribution is 7.10. The number of nitrogens with one attached hydrogen (secondary N) is 1. The summed E-state index contributed by atoms with van der Waals surface area (Å²) in [6.45, 7) is 0.595. The van der Waals surface area contributed by atoms with Gasteiger partial charge in [0.2, 0.25) is 5.91 Å². The molecule has 6 heteroatoms. The fourth-order valence-corrected chi connectivity index (χ4v) is 2.88. The third kappa shape index (κ3) is 4.31. The normalized spacial score (nSPS) is 18.1. The van der Waals surface area contributed by atoms with E-state index in [9.17, 15) is 9.59 Å². The van der Waals surface area contributed by atoms with Gasteiger partial charge in [0, 0.05) is 37.9 Å². The molecule has 0 aromatic carbocycles. The molecule has 21 heavy (non-hydrogen) atoms. The first-order valence-electron chi connectivity index (χ1n) is 6.83. The van der Waals surface area contributed by atoms with Crippen molar-refractivity contribution in [3.63, 3.8) is 0 Å². The van der Waals surface area contributed by atoms with Gasteiger partial charge in [-0.25, -0.2) is 0 Å². The summed E-state index contributed by atoms with van der Waals surface area (Å²) in [5, 5.41) is 13.4. The lowest BCUT2D eigenvalue weighted by Gasteiger charge is -2.30. The quantitative estimate of drug-likeness (QED) is 0.813. The number of aliphatic hydroxyl groups is 1. The molecular weight excluding hydrogens is 288 g/mol. The smallest absolute Gasteiger partial charge is 0.252 e. The molecule has 2 N–H and O–H groups in total. The Bertz CT molecular complexity index is 585. The highest BCUT2D eigenvalue weighted by atomic mass is 32.1. The van der Waals surface area contributed by atoms with Crippen LogP contribution in [-0.2, 0) is 4.79 Å². The highest BCUT2D eigenvalue weighted by Crippen LogP contribution is 2.15. The molecule has 0 bridgehead atoms. The lowest BCUT2D eigenvalue weighted by molar-refractivity contribution is -0.132. The van der Waals surface area contributed by atoms with E-state index in [1.165, 1.54) is 11.3 Å². The van der Waals surface area contributed by atoms with Gasteiger partial charge in [-0.3, -0.25) is 9.59 Å². The number of aliphatic hydroxyl groups excluding tert-OH is 1. The molecule has 2 rings (SSSR count). The number of hydrogen-bond acceptors (Lipinski definition) is 4. The predicted octanol–water partition coefficient (Wildman–Crippen LogP) is 0.833. The monoisotopic (exact) mass is 306 g/mol. The van der Waals surface area contributed by atoms with E-state index in [0.717, 1.165) is 4.88 Å². The summed E-state index contributed by atoms with van der Waals surface area (Å²) in [6.07, 6.45) is 1.59. The minimum absolute atomic E-state index is 0.00373. The van der Waals surface area contributed by atoms with Crippen LogP contribution in [0.1, 0.15) is 34.5 Å². The van der Waals surface area contributed by atoms with Crippen LogP contribution in [0.2, 0.25) is 0 Å². The van der Waals surface area contributed by atoms with Crippen LogP contribution >= 0.6 is 11.3 Å². The van der Waals surface area contributed by atoms with Gasteiger partial charge in [-0.2, -0.15) is 0 Å². The number of likely N-dealkylation sites (tertiary alicyclic amines) is 1. The zero-order valence-electron chi connectivity index (χ0n) is 11.9. The number of nitrogens with zero attached hydrogens (tertiary/aromatic N) is 1. The second-order valence-corrected chi connectivity index (χ2v) is 5.87. The number of likely N-dealkylation sites (N-methyl/N-ethyl adjacent to an activating group) is 1. The van der Waals surface area contributed by atoms with Gasteiger partial charge in [0.1, 0.15) is 0 Å². The molecule has 1 aliphatic heterocycles. The first-order valence-corrected chi connectivity index (χ1v) is 7.71. The SMILES string of the molecule is CN1CC(NC(=O)c2csc(C#CCCO)c2)CCC1=O. The van der Waals surface area contributed by atoms with Gasteiger partial charge in [0.25, 0.3) is 5.91 Å². The van der Waals surface area contributed by atoms with Gasteiger partial charge in [-0.1, -0.05) is 11.8 Å². The Kier molecular flexibility index (Phi) is 5.37. The molecule has 1 atom stereocenters. The van der Waals surface area contributed by atoms with E-state index in [-0.39, 0.29) is 24.5 Å². The Morgan fingerprint density at radius 3 is 3.14 bits per heavy atom. The van der Waals surface area contributed by atoms with Crippen LogP contribution in [0.15, 0.2) is 11.4 Å². The fourth-order valence-electron chi connectivity index (χ4n) is 2.13. The topological polar surface area (TPSA) is 69.6 Å². The van der Waals surface area contributed by atoms with E-state index in [1.54, 1.807) is 23.4 Å². The lowest BCUT2D eigenvalue weighted by atomic mass is 10.1. The van der Waals surface area contributed by atoms with E-state index in [0.29, 0.717) is 31.4 Å². The number of carbonyl (C=O) groups excluding carboxylic acids is 2. The standard InChI is InChI=1S/C15H18N2O3S/c1-17-9-12(5-6-14(17)19)16-15(20)11-8-13(21-10-11)4-2-3-7-18/h8,10,12,18H,3,5-7,9H2,1H3,(H,16,20). The first kappa shape index (κ1) is 15.5. The Morgan fingerprint density at radius 2 is 2.43 bits per heavy atom. The first-order chi connectivity index (χ1) is 10.1. The van der Waals surface area contributed by atoms with Crippen LogP contribution in [0.25, 0.3) is 0 Å². The Hall–Kier alpha value is -1.84. The number of amides is 2. The van der Waals surface area contributed by atoms with Crippen LogP contribution in [0.4, 0.5) is 0 Å². The highest BCUT2D eigenvalue weighted by Gasteiger charge is 2.24. The molecule has 0 aliphatic carbocycles. The third-order valence-corrected chi connectivity index (χ3v) is 4.12. The van der Waals surface area contributed by atoms with Crippen molar-refractivity contribution in [2.45, 2.75) is 25.3 Å². The molecule has 1 fully saturated rings. The second kappa shape index (κ2) is 7.25. The van der Waals surface area contributed by atoms with E-state index in [2.05, 4.69) is 17.2 Å². The minimum Gasteiger partial charge on any atom is -0.395 e. The average molecular weight is 306 g/mol. The third-order valence-electron chi connectivity index (χ3n) is 3.27. The van der Waals surface area contributed by atoms with E-state index >= 15 is 0 Å². The molecular formula is C15H18N2O3S. The van der Waals surface area contributed by atoms with Crippen molar-refractivity contribution < 1.29 is 14.7 Å². The molecule has 1 aliphatic rings. The van der Waals surface area contributed by atoms with E-state index in [1.807, 2.05) is 0 Å². The number of carbonyl (C=O) groups is 2. The molecule has 1 aromatic rings. The molecule has 112 valence electrons. The van der Waals surface area contributed by atoms with Crippen LogP contribution in [-0.4, -0.2) is 48.1 Å². The minimum atomic E-state index is -0.130. The number of hydrogen-bond donors (Lipinski definition) is 2. The van der Waals surface area contributed by atoms with Crippen molar-refractivity contribution in [1.29, 1.82) is 0 Å². The molecule has 1 unspecified atom stereocenters. The van der Waals surface area contributed by atoms with Crippen molar-refractivity contribution in [1.82, 2.24) is 10.2 Å². The number of thiophene rings is 1. The van der Waals surface area contributed by atoms with Crippen LogP contribution in [0, 0.1) is 11.8 Å². The van der Waals surface area contributed by atoms with Crippen LogP contribution < -0.4 is 5.32 Å². The van der Waals surface area contributed by atoms with Crippen molar-refractivity contribution in [3.8, 4) is 11.8 Å². The van der Waals surface area contributed by atoms with Gasteiger partial charge >= 0.3 is 0 Å². The number of rotatable bonds is 3. The molecule has 0 saturated carbocycles. The molecule has 0 spiro atoms. The number of piperidine rings is 1. The Labute approximate surface area is 128 Å². The fraction of sp³-hybridized carbons (Fsp3) is 0.467. The maximum absolute atomic E-state index is 12.1. The second-order valence-electron chi connectivity index (χ2n) is 4.96.